The van der Waals surface area contributed by atoms with E-state index in [0.717, 1.165) is 50.5 Å². The fourth-order valence-corrected chi connectivity index (χ4v) is 3.71. The van der Waals surface area contributed by atoms with Gasteiger partial charge in [-0.25, -0.2) is 0 Å². The molecule has 0 unspecified atom stereocenters. The number of morpholine rings is 1. The van der Waals surface area contributed by atoms with E-state index < -0.39 is 11.7 Å². The molecule has 31 heavy (non-hydrogen) atoms. The van der Waals surface area contributed by atoms with Crippen LogP contribution in [0.25, 0.3) is 0 Å². The lowest BCUT2D eigenvalue weighted by molar-refractivity contribution is -0.137. The Morgan fingerprint density at radius 1 is 1.06 bits per heavy atom. The van der Waals surface area contributed by atoms with Gasteiger partial charge in [-0.3, -0.25) is 9.69 Å². The molecule has 1 aliphatic heterocycles. The molecule has 2 aromatic rings. The number of anilines is 2. The maximum absolute atomic E-state index is 12.8. The lowest BCUT2D eigenvalue weighted by atomic mass is 10.1. The molecule has 1 saturated heterocycles. The van der Waals surface area contributed by atoms with E-state index >= 15 is 0 Å². The minimum Gasteiger partial charge on any atom is -0.379 e. The molecule has 5 nitrogen and oxygen atoms in total. The molecule has 10 heteroatoms. The second-order valence-electron chi connectivity index (χ2n) is 7.12. The number of carbonyl (C=O) groups excluding carboxylic acids is 1. The third-order valence-corrected chi connectivity index (χ3v) is 5.41. The van der Waals surface area contributed by atoms with Crippen LogP contribution in [0.15, 0.2) is 36.4 Å². The van der Waals surface area contributed by atoms with Crippen LogP contribution in [-0.4, -0.2) is 50.2 Å². The standard InChI is InChI=1S/C21H22Cl2F3N3O2/c22-17-12-15(21(24,25)26)13-18(23)20(17)28-16-3-1-14(2-4-16)11-19(30)27-5-6-29-7-9-31-10-8-29/h1-4,12-13,28H,5-11H2,(H,27,30). The molecular formula is C21H22Cl2F3N3O2. The SMILES string of the molecule is O=C(Cc1ccc(Nc2c(Cl)cc(C(F)(F)F)cc2Cl)cc1)NCCN1CCOCC1. The summed E-state index contributed by atoms with van der Waals surface area (Å²) in [6.07, 6.45) is -4.30. The molecule has 1 amide bonds. The first-order valence-corrected chi connectivity index (χ1v) is 10.5. The van der Waals surface area contributed by atoms with Gasteiger partial charge in [0.05, 0.1) is 40.9 Å². The number of carbonyl (C=O) groups is 1. The zero-order valence-electron chi connectivity index (χ0n) is 16.6. The van der Waals surface area contributed by atoms with Crippen LogP contribution in [0, 0.1) is 0 Å². The topological polar surface area (TPSA) is 53.6 Å². The summed E-state index contributed by atoms with van der Waals surface area (Å²) in [6.45, 7) is 4.54. The summed E-state index contributed by atoms with van der Waals surface area (Å²) in [5.74, 6) is -0.0807. The summed E-state index contributed by atoms with van der Waals surface area (Å²) >= 11 is 12.0. The van der Waals surface area contributed by atoms with Gasteiger partial charge >= 0.3 is 6.18 Å². The molecule has 0 saturated carbocycles. The quantitative estimate of drug-likeness (QED) is 0.606. The van der Waals surface area contributed by atoms with Crippen molar-refractivity contribution in [1.82, 2.24) is 10.2 Å². The summed E-state index contributed by atoms with van der Waals surface area (Å²) < 4.78 is 43.8. The van der Waals surface area contributed by atoms with Gasteiger partial charge in [-0.1, -0.05) is 35.3 Å². The van der Waals surface area contributed by atoms with Crippen molar-refractivity contribution in [2.45, 2.75) is 12.6 Å². The summed E-state index contributed by atoms with van der Waals surface area (Å²) in [5.41, 5.74) is 0.659. The fraction of sp³-hybridized carbons (Fsp3) is 0.381. The molecule has 168 valence electrons. The number of nitrogens with one attached hydrogen (secondary N) is 2. The van der Waals surface area contributed by atoms with Crippen molar-refractivity contribution in [2.75, 3.05) is 44.7 Å². The number of nitrogens with zero attached hydrogens (tertiary/aromatic N) is 1. The maximum atomic E-state index is 12.8. The molecular weight excluding hydrogens is 454 g/mol. The molecule has 0 aliphatic carbocycles. The van der Waals surface area contributed by atoms with Gasteiger partial charge in [0.25, 0.3) is 0 Å². The Labute approximate surface area is 188 Å². The number of ether oxygens (including phenoxy) is 1. The van der Waals surface area contributed by atoms with E-state index in [0.29, 0.717) is 12.2 Å². The first-order valence-electron chi connectivity index (χ1n) is 9.71. The first-order chi connectivity index (χ1) is 14.7. The minimum absolute atomic E-state index is 0.0807. The zero-order valence-corrected chi connectivity index (χ0v) is 18.1. The van der Waals surface area contributed by atoms with Crippen molar-refractivity contribution in [1.29, 1.82) is 0 Å². The Hall–Kier alpha value is -2.00. The number of rotatable bonds is 7. The highest BCUT2D eigenvalue weighted by Crippen LogP contribution is 2.39. The number of halogens is 5. The van der Waals surface area contributed by atoms with E-state index in [-0.39, 0.29) is 28.1 Å². The van der Waals surface area contributed by atoms with E-state index in [9.17, 15) is 18.0 Å². The van der Waals surface area contributed by atoms with Gasteiger partial charge in [0.15, 0.2) is 0 Å². The van der Waals surface area contributed by atoms with Gasteiger partial charge in [0, 0.05) is 31.9 Å². The van der Waals surface area contributed by atoms with Gasteiger partial charge < -0.3 is 15.4 Å². The summed E-state index contributed by atoms with van der Waals surface area (Å²) in [4.78, 5) is 14.4. The van der Waals surface area contributed by atoms with Crippen molar-refractivity contribution in [3.63, 3.8) is 0 Å². The Kier molecular flexibility index (Phi) is 8.05. The van der Waals surface area contributed by atoms with Gasteiger partial charge in [0.2, 0.25) is 5.91 Å². The minimum atomic E-state index is -4.53. The van der Waals surface area contributed by atoms with Crippen LogP contribution in [0.4, 0.5) is 24.5 Å². The lowest BCUT2D eigenvalue weighted by Gasteiger charge is -2.26. The second kappa shape index (κ2) is 10.5. The molecule has 0 atom stereocenters. The molecule has 1 heterocycles. The van der Waals surface area contributed by atoms with Gasteiger partial charge in [-0.15, -0.1) is 0 Å². The van der Waals surface area contributed by atoms with Crippen LogP contribution < -0.4 is 10.6 Å². The highest BCUT2D eigenvalue weighted by Gasteiger charge is 2.32. The molecule has 0 radical (unpaired) electrons. The number of alkyl halides is 3. The number of benzene rings is 2. The van der Waals surface area contributed by atoms with Crippen LogP contribution in [-0.2, 0) is 22.1 Å². The van der Waals surface area contributed by atoms with Gasteiger partial charge in [-0.2, -0.15) is 13.2 Å². The van der Waals surface area contributed by atoms with E-state index in [1.54, 1.807) is 24.3 Å². The highest BCUT2D eigenvalue weighted by molar-refractivity contribution is 6.39. The van der Waals surface area contributed by atoms with Crippen LogP contribution >= 0.6 is 23.2 Å². The van der Waals surface area contributed by atoms with Gasteiger partial charge in [-0.05, 0) is 29.8 Å². The van der Waals surface area contributed by atoms with Crippen molar-refractivity contribution < 1.29 is 22.7 Å². The Morgan fingerprint density at radius 3 is 2.26 bits per heavy atom. The number of hydrogen-bond donors (Lipinski definition) is 2. The third-order valence-electron chi connectivity index (χ3n) is 4.81. The average molecular weight is 476 g/mol. The van der Waals surface area contributed by atoms with Crippen molar-refractivity contribution >= 4 is 40.5 Å². The smallest absolute Gasteiger partial charge is 0.379 e. The summed E-state index contributed by atoms with van der Waals surface area (Å²) in [5, 5.41) is 5.55. The van der Waals surface area contributed by atoms with E-state index in [1.165, 1.54) is 0 Å². The van der Waals surface area contributed by atoms with Crippen LogP contribution in [0.1, 0.15) is 11.1 Å². The maximum Gasteiger partial charge on any atom is 0.416 e. The number of amides is 1. The van der Waals surface area contributed by atoms with E-state index in [1.807, 2.05) is 0 Å². The normalized spacial score (nSPS) is 15.0. The molecule has 0 bridgehead atoms. The molecule has 2 aromatic carbocycles. The summed E-state index contributed by atoms with van der Waals surface area (Å²) in [6, 6.07) is 8.59. The molecule has 1 fully saturated rings. The van der Waals surface area contributed by atoms with Crippen LogP contribution in [0.5, 0.6) is 0 Å². The first kappa shape index (κ1) is 23.7. The zero-order chi connectivity index (χ0) is 22.4. The van der Waals surface area contributed by atoms with Crippen LogP contribution in [0.2, 0.25) is 10.0 Å². The predicted octanol–water partition coefficient (Wildman–Crippen LogP) is 4.75. The largest absolute Gasteiger partial charge is 0.416 e. The Balaban J connectivity index is 1.52. The van der Waals surface area contributed by atoms with Crippen LogP contribution in [0.3, 0.4) is 0 Å². The molecule has 0 spiro atoms. The summed E-state index contributed by atoms with van der Waals surface area (Å²) in [7, 11) is 0. The predicted molar refractivity (Wildman–Crippen MR) is 115 cm³/mol. The Bertz CT molecular complexity index is 879. The Morgan fingerprint density at radius 2 is 1.68 bits per heavy atom. The lowest BCUT2D eigenvalue weighted by Crippen LogP contribution is -2.41. The highest BCUT2D eigenvalue weighted by atomic mass is 35.5. The van der Waals surface area contributed by atoms with E-state index in [4.69, 9.17) is 27.9 Å². The molecule has 3 rings (SSSR count). The monoisotopic (exact) mass is 475 g/mol. The van der Waals surface area contributed by atoms with Crippen molar-refractivity contribution in [3.05, 3.63) is 57.6 Å². The van der Waals surface area contributed by atoms with E-state index in [2.05, 4.69) is 15.5 Å². The number of hydrogen-bond acceptors (Lipinski definition) is 4. The van der Waals surface area contributed by atoms with Gasteiger partial charge in [0.1, 0.15) is 0 Å². The average Bonchev–Trinajstić information content (AvgIpc) is 2.72. The molecule has 0 aromatic heterocycles. The molecule has 2 N–H and O–H groups in total. The fourth-order valence-electron chi connectivity index (χ4n) is 3.13. The van der Waals surface area contributed by atoms with Crippen molar-refractivity contribution in [3.8, 4) is 0 Å². The third kappa shape index (κ3) is 7.00. The van der Waals surface area contributed by atoms with Crippen molar-refractivity contribution in [2.24, 2.45) is 0 Å². The second-order valence-corrected chi connectivity index (χ2v) is 7.93. The molecule has 1 aliphatic rings.